The van der Waals surface area contributed by atoms with Crippen molar-refractivity contribution in [2.45, 2.75) is 31.8 Å². The summed E-state index contributed by atoms with van der Waals surface area (Å²) in [6.45, 7) is 2.95. The standard InChI is InChI=1S/C14H20N2O2/c15-13-4-6-16(7-5-13)10-12-3-1-2-11(8-12)9-14(17)18/h1-3,8,13H,4-7,9-10,15H2,(H,17,18). The molecule has 1 aromatic rings. The highest BCUT2D eigenvalue weighted by Gasteiger charge is 2.16. The van der Waals surface area contributed by atoms with Crippen molar-refractivity contribution in [1.82, 2.24) is 4.90 Å². The molecule has 1 aliphatic rings. The van der Waals surface area contributed by atoms with Crippen LogP contribution in [0, 0.1) is 0 Å². The van der Waals surface area contributed by atoms with Crippen molar-refractivity contribution in [2.75, 3.05) is 13.1 Å². The van der Waals surface area contributed by atoms with E-state index in [1.54, 1.807) is 0 Å². The highest BCUT2D eigenvalue weighted by Crippen LogP contribution is 2.14. The molecule has 0 aliphatic carbocycles. The van der Waals surface area contributed by atoms with Crippen LogP contribution in [-0.2, 0) is 17.8 Å². The van der Waals surface area contributed by atoms with E-state index < -0.39 is 5.97 Å². The number of carboxylic acid groups (broad SMARTS) is 1. The van der Waals surface area contributed by atoms with E-state index in [2.05, 4.69) is 11.0 Å². The summed E-state index contributed by atoms with van der Waals surface area (Å²) in [4.78, 5) is 13.1. The van der Waals surface area contributed by atoms with Crippen LogP contribution < -0.4 is 5.73 Å². The summed E-state index contributed by atoms with van der Waals surface area (Å²) >= 11 is 0. The molecule has 0 radical (unpaired) electrons. The van der Waals surface area contributed by atoms with E-state index in [0.717, 1.165) is 38.0 Å². The molecule has 0 spiro atoms. The van der Waals surface area contributed by atoms with Gasteiger partial charge >= 0.3 is 5.97 Å². The zero-order valence-electron chi connectivity index (χ0n) is 10.5. The number of hydrogen-bond donors (Lipinski definition) is 2. The van der Waals surface area contributed by atoms with E-state index >= 15 is 0 Å². The Morgan fingerprint density at radius 2 is 2.00 bits per heavy atom. The third-order valence-electron chi connectivity index (χ3n) is 3.39. The summed E-state index contributed by atoms with van der Waals surface area (Å²) in [5.74, 6) is -0.781. The van der Waals surface area contributed by atoms with Gasteiger partial charge in [-0.05, 0) is 37.1 Å². The zero-order chi connectivity index (χ0) is 13.0. The van der Waals surface area contributed by atoms with Gasteiger partial charge in [0.15, 0.2) is 0 Å². The smallest absolute Gasteiger partial charge is 0.307 e. The summed E-state index contributed by atoms with van der Waals surface area (Å²) in [5, 5.41) is 8.78. The van der Waals surface area contributed by atoms with Crippen molar-refractivity contribution in [2.24, 2.45) is 5.73 Å². The van der Waals surface area contributed by atoms with E-state index in [0.29, 0.717) is 6.04 Å². The van der Waals surface area contributed by atoms with Crippen LogP contribution in [0.1, 0.15) is 24.0 Å². The maximum Gasteiger partial charge on any atom is 0.307 e. The molecule has 4 nitrogen and oxygen atoms in total. The lowest BCUT2D eigenvalue weighted by molar-refractivity contribution is -0.136. The topological polar surface area (TPSA) is 66.6 Å². The molecule has 0 aromatic heterocycles. The molecule has 0 saturated carbocycles. The first-order chi connectivity index (χ1) is 8.63. The fourth-order valence-electron chi connectivity index (χ4n) is 2.38. The third kappa shape index (κ3) is 3.82. The Kier molecular flexibility index (Phi) is 4.33. The van der Waals surface area contributed by atoms with Crippen LogP contribution in [0.3, 0.4) is 0 Å². The zero-order valence-corrected chi connectivity index (χ0v) is 10.5. The molecule has 4 heteroatoms. The van der Waals surface area contributed by atoms with Gasteiger partial charge in [0.2, 0.25) is 0 Å². The van der Waals surface area contributed by atoms with E-state index in [-0.39, 0.29) is 6.42 Å². The van der Waals surface area contributed by atoms with Crippen molar-refractivity contribution in [3.05, 3.63) is 35.4 Å². The molecule has 0 unspecified atom stereocenters. The van der Waals surface area contributed by atoms with Gasteiger partial charge in [-0.3, -0.25) is 9.69 Å². The van der Waals surface area contributed by atoms with Crippen LogP contribution in [0.15, 0.2) is 24.3 Å². The van der Waals surface area contributed by atoms with Crippen molar-refractivity contribution in [3.63, 3.8) is 0 Å². The number of carboxylic acids is 1. The van der Waals surface area contributed by atoms with Gasteiger partial charge in [-0.2, -0.15) is 0 Å². The first kappa shape index (κ1) is 13.1. The van der Waals surface area contributed by atoms with Gasteiger partial charge in [-0.1, -0.05) is 24.3 Å². The molecule has 0 amide bonds. The summed E-state index contributed by atoms with van der Waals surface area (Å²) in [5.41, 5.74) is 7.93. The fourth-order valence-corrected chi connectivity index (χ4v) is 2.38. The Hall–Kier alpha value is -1.39. The normalized spacial score (nSPS) is 17.8. The number of carbonyl (C=O) groups is 1. The number of rotatable bonds is 4. The second-order valence-corrected chi connectivity index (χ2v) is 5.00. The number of nitrogens with zero attached hydrogens (tertiary/aromatic N) is 1. The lowest BCUT2D eigenvalue weighted by Crippen LogP contribution is -2.39. The summed E-state index contributed by atoms with van der Waals surface area (Å²) in [6.07, 6.45) is 2.20. The Labute approximate surface area is 107 Å². The van der Waals surface area contributed by atoms with Crippen LogP contribution in [0.4, 0.5) is 0 Å². The monoisotopic (exact) mass is 248 g/mol. The van der Waals surface area contributed by atoms with Crippen molar-refractivity contribution >= 4 is 5.97 Å². The van der Waals surface area contributed by atoms with Gasteiger partial charge in [-0.15, -0.1) is 0 Å². The Bertz CT molecular complexity index is 412. The molecule has 1 fully saturated rings. The Morgan fingerprint density at radius 3 is 2.67 bits per heavy atom. The molecule has 0 atom stereocenters. The minimum absolute atomic E-state index is 0.0959. The first-order valence-corrected chi connectivity index (χ1v) is 6.41. The van der Waals surface area contributed by atoms with E-state index in [1.165, 1.54) is 5.56 Å². The third-order valence-corrected chi connectivity index (χ3v) is 3.39. The number of aliphatic carboxylic acids is 1. The van der Waals surface area contributed by atoms with Gasteiger partial charge in [-0.25, -0.2) is 0 Å². The predicted molar refractivity (Wildman–Crippen MR) is 70.3 cm³/mol. The minimum Gasteiger partial charge on any atom is -0.481 e. The molecule has 0 bridgehead atoms. The fraction of sp³-hybridized carbons (Fsp3) is 0.500. The van der Waals surface area contributed by atoms with Crippen LogP contribution in [-0.4, -0.2) is 35.1 Å². The average Bonchev–Trinajstić information content (AvgIpc) is 2.32. The highest BCUT2D eigenvalue weighted by molar-refractivity contribution is 5.70. The largest absolute Gasteiger partial charge is 0.481 e. The van der Waals surface area contributed by atoms with Crippen molar-refractivity contribution in [1.29, 1.82) is 0 Å². The second kappa shape index (κ2) is 5.98. The molecule has 2 rings (SSSR count). The van der Waals surface area contributed by atoms with E-state index in [1.807, 2.05) is 18.2 Å². The maximum atomic E-state index is 10.7. The average molecular weight is 248 g/mol. The Balaban J connectivity index is 1.94. The quantitative estimate of drug-likeness (QED) is 0.841. The number of piperidine rings is 1. The van der Waals surface area contributed by atoms with Crippen LogP contribution in [0.25, 0.3) is 0 Å². The van der Waals surface area contributed by atoms with Crippen molar-refractivity contribution < 1.29 is 9.90 Å². The molecule has 1 aliphatic heterocycles. The van der Waals surface area contributed by atoms with Crippen molar-refractivity contribution in [3.8, 4) is 0 Å². The molecule has 1 heterocycles. The number of benzene rings is 1. The van der Waals surface area contributed by atoms with Crippen LogP contribution >= 0.6 is 0 Å². The van der Waals surface area contributed by atoms with Gasteiger partial charge in [0, 0.05) is 12.6 Å². The molecular weight excluding hydrogens is 228 g/mol. The van der Waals surface area contributed by atoms with Gasteiger partial charge in [0.05, 0.1) is 6.42 Å². The summed E-state index contributed by atoms with van der Waals surface area (Å²) < 4.78 is 0. The molecular formula is C14H20N2O2. The lowest BCUT2D eigenvalue weighted by atomic mass is 10.0. The second-order valence-electron chi connectivity index (χ2n) is 5.00. The number of likely N-dealkylation sites (tertiary alicyclic amines) is 1. The number of nitrogens with two attached hydrogens (primary N) is 1. The first-order valence-electron chi connectivity index (χ1n) is 6.41. The molecule has 1 aromatic carbocycles. The molecule has 18 heavy (non-hydrogen) atoms. The molecule has 98 valence electrons. The predicted octanol–water partition coefficient (Wildman–Crippen LogP) is 1.24. The Morgan fingerprint density at radius 1 is 1.33 bits per heavy atom. The maximum absolute atomic E-state index is 10.7. The SMILES string of the molecule is NC1CCN(Cc2cccc(CC(=O)O)c2)CC1. The van der Waals surface area contributed by atoms with Crippen LogP contribution in [0.2, 0.25) is 0 Å². The van der Waals surface area contributed by atoms with E-state index in [9.17, 15) is 4.79 Å². The van der Waals surface area contributed by atoms with Gasteiger partial charge < -0.3 is 10.8 Å². The van der Waals surface area contributed by atoms with E-state index in [4.69, 9.17) is 10.8 Å². The van der Waals surface area contributed by atoms with Gasteiger partial charge in [0.1, 0.15) is 0 Å². The van der Waals surface area contributed by atoms with Gasteiger partial charge in [0.25, 0.3) is 0 Å². The molecule has 3 N–H and O–H groups in total. The minimum atomic E-state index is -0.781. The van der Waals surface area contributed by atoms with Crippen LogP contribution in [0.5, 0.6) is 0 Å². The highest BCUT2D eigenvalue weighted by atomic mass is 16.4. The summed E-state index contributed by atoms with van der Waals surface area (Å²) in [6, 6.07) is 8.19. The summed E-state index contributed by atoms with van der Waals surface area (Å²) in [7, 11) is 0. The number of hydrogen-bond acceptors (Lipinski definition) is 3. The lowest BCUT2D eigenvalue weighted by Gasteiger charge is -2.30. The molecule has 1 saturated heterocycles.